The first-order chi connectivity index (χ1) is 9.00. The van der Waals surface area contributed by atoms with Gasteiger partial charge in [0.05, 0.1) is 15.8 Å². The van der Waals surface area contributed by atoms with E-state index in [4.69, 9.17) is 0 Å². The third-order valence-corrected chi connectivity index (χ3v) is 3.69. The van der Waals surface area contributed by atoms with Crippen molar-refractivity contribution in [3.8, 4) is 11.3 Å². The summed E-state index contributed by atoms with van der Waals surface area (Å²) < 4.78 is 26.9. The Morgan fingerprint density at radius 1 is 1.21 bits per heavy atom. The normalized spacial score (nSPS) is 11.0. The molecule has 0 radical (unpaired) electrons. The van der Waals surface area contributed by atoms with Crippen LogP contribution in [-0.4, -0.2) is 11.0 Å². The van der Waals surface area contributed by atoms with E-state index in [0.717, 1.165) is 15.7 Å². The van der Waals surface area contributed by atoms with Crippen LogP contribution in [0.15, 0.2) is 41.2 Å². The number of aromatic nitrogens is 1. The van der Waals surface area contributed by atoms with Gasteiger partial charge in [-0.2, -0.15) is 0 Å². The van der Waals surface area contributed by atoms with E-state index < -0.39 is 13.0 Å². The van der Waals surface area contributed by atoms with Gasteiger partial charge in [0, 0.05) is 5.56 Å². The average Bonchev–Trinajstić information content (AvgIpc) is 2.36. The zero-order valence-corrected chi connectivity index (χ0v) is 12.4. The van der Waals surface area contributed by atoms with Crippen LogP contribution in [0.4, 0.5) is 8.78 Å². The molecular weight excluding hydrogens is 363 g/mol. The van der Waals surface area contributed by atoms with Gasteiger partial charge in [0.2, 0.25) is 0 Å². The fourth-order valence-corrected chi connectivity index (χ4v) is 2.44. The summed E-state index contributed by atoms with van der Waals surface area (Å²) in [4.78, 5) is 12.0. The summed E-state index contributed by atoms with van der Waals surface area (Å²) in [6.07, 6.45) is -2.56. The Kier molecular flexibility index (Phi) is 4.34. The number of aryl methyl sites for hydroxylation is 1. The lowest BCUT2D eigenvalue weighted by atomic mass is 10.0. The highest BCUT2D eigenvalue weighted by Gasteiger charge is 2.14. The minimum atomic E-state index is -2.56. The molecule has 0 aliphatic carbocycles. The minimum Gasteiger partial charge on any atom is -0.302 e. The number of pyridine rings is 1. The topological polar surface area (TPSA) is 22.0 Å². The Hall–Kier alpha value is -1.24. The van der Waals surface area contributed by atoms with Crippen molar-refractivity contribution in [1.82, 2.24) is 4.57 Å². The minimum absolute atomic E-state index is 0.373. The Morgan fingerprint density at radius 2 is 1.89 bits per heavy atom. The summed E-state index contributed by atoms with van der Waals surface area (Å²) in [5.74, 6) is 0. The summed E-state index contributed by atoms with van der Waals surface area (Å²) in [6.45, 7) is 1.31. The maximum Gasteiger partial charge on any atom is 0.264 e. The molecular formula is C14H12F2INO. The first-order valence-corrected chi connectivity index (χ1v) is 6.82. The van der Waals surface area contributed by atoms with E-state index in [0.29, 0.717) is 9.26 Å². The van der Waals surface area contributed by atoms with Gasteiger partial charge in [-0.05, 0) is 47.2 Å². The molecule has 0 bridgehead atoms. The molecule has 0 saturated heterocycles. The molecule has 0 N–H and O–H groups in total. The Labute approximate surface area is 123 Å². The van der Waals surface area contributed by atoms with Gasteiger partial charge in [-0.25, -0.2) is 8.78 Å². The summed E-state index contributed by atoms with van der Waals surface area (Å²) >= 11 is 1.86. The molecule has 1 aromatic carbocycles. The lowest BCUT2D eigenvalue weighted by molar-refractivity contribution is 0.125. The monoisotopic (exact) mass is 375 g/mol. The van der Waals surface area contributed by atoms with Gasteiger partial charge in [0.1, 0.15) is 0 Å². The maximum atomic E-state index is 12.7. The number of hydrogen-bond acceptors (Lipinski definition) is 1. The molecule has 2 aromatic rings. The molecule has 2 nitrogen and oxygen atoms in total. The van der Waals surface area contributed by atoms with Crippen LogP contribution >= 0.6 is 22.6 Å². The van der Waals surface area contributed by atoms with Crippen molar-refractivity contribution in [2.75, 3.05) is 0 Å². The first kappa shape index (κ1) is 14.2. The highest BCUT2D eigenvalue weighted by molar-refractivity contribution is 14.1. The van der Waals surface area contributed by atoms with Gasteiger partial charge in [-0.15, -0.1) is 0 Å². The van der Waals surface area contributed by atoms with Crippen molar-refractivity contribution >= 4 is 22.6 Å². The van der Waals surface area contributed by atoms with Gasteiger partial charge >= 0.3 is 0 Å². The first-order valence-electron chi connectivity index (χ1n) is 5.74. The van der Waals surface area contributed by atoms with Crippen LogP contribution in [0, 0.1) is 10.5 Å². The highest BCUT2D eigenvalue weighted by Crippen LogP contribution is 2.23. The summed E-state index contributed by atoms with van der Waals surface area (Å²) in [5.41, 5.74) is 1.91. The third kappa shape index (κ3) is 3.02. The molecule has 0 atom stereocenters. The van der Waals surface area contributed by atoms with E-state index in [9.17, 15) is 13.6 Å². The molecule has 0 amide bonds. The van der Waals surface area contributed by atoms with Crippen LogP contribution in [-0.2, 0) is 6.54 Å². The highest BCUT2D eigenvalue weighted by atomic mass is 127. The lowest BCUT2D eigenvalue weighted by Crippen LogP contribution is -2.26. The quantitative estimate of drug-likeness (QED) is 0.751. The van der Waals surface area contributed by atoms with Crippen LogP contribution in [0.5, 0.6) is 0 Å². The van der Waals surface area contributed by atoms with Gasteiger partial charge in [-0.3, -0.25) is 4.79 Å². The predicted molar refractivity (Wildman–Crippen MR) is 79.6 cm³/mol. The molecule has 5 heteroatoms. The molecule has 0 unspecified atom stereocenters. The van der Waals surface area contributed by atoms with Crippen molar-refractivity contribution < 1.29 is 8.78 Å². The number of halogens is 3. The summed E-state index contributed by atoms with van der Waals surface area (Å²) in [7, 11) is 0. The van der Waals surface area contributed by atoms with Gasteiger partial charge < -0.3 is 4.57 Å². The van der Waals surface area contributed by atoms with Crippen molar-refractivity contribution in [1.29, 1.82) is 0 Å². The second-order valence-electron chi connectivity index (χ2n) is 4.19. The molecule has 19 heavy (non-hydrogen) atoms. The number of hydrogen-bond donors (Lipinski definition) is 0. The van der Waals surface area contributed by atoms with Crippen LogP contribution in [0.3, 0.4) is 0 Å². The van der Waals surface area contributed by atoms with Crippen molar-refractivity contribution in [3.05, 3.63) is 55.9 Å². The molecule has 1 aromatic heterocycles. The van der Waals surface area contributed by atoms with Gasteiger partial charge in [0.15, 0.2) is 0 Å². The van der Waals surface area contributed by atoms with Crippen LogP contribution in [0.1, 0.15) is 5.56 Å². The Morgan fingerprint density at radius 3 is 2.53 bits per heavy atom. The summed E-state index contributed by atoms with van der Waals surface area (Å²) in [5, 5.41) is 0. The molecule has 0 fully saturated rings. The fourth-order valence-electron chi connectivity index (χ4n) is 1.97. The van der Waals surface area contributed by atoms with Gasteiger partial charge in [0.25, 0.3) is 12.0 Å². The fraction of sp³-hybridized carbons (Fsp3) is 0.214. The van der Waals surface area contributed by atoms with Crippen LogP contribution in [0.2, 0.25) is 0 Å². The van der Waals surface area contributed by atoms with E-state index in [1.165, 1.54) is 0 Å². The van der Waals surface area contributed by atoms with Crippen LogP contribution in [0.25, 0.3) is 11.3 Å². The SMILES string of the molecule is Cc1ccccc1-c1ccc(I)c(=O)n1CC(F)F. The Balaban J connectivity index is 2.67. The van der Waals surface area contributed by atoms with Crippen molar-refractivity contribution in [3.63, 3.8) is 0 Å². The van der Waals surface area contributed by atoms with Crippen LogP contribution < -0.4 is 5.56 Å². The molecule has 100 valence electrons. The maximum absolute atomic E-state index is 12.7. The van der Waals surface area contributed by atoms with Crippen molar-refractivity contribution in [2.24, 2.45) is 0 Å². The second kappa shape index (κ2) is 5.81. The molecule has 0 saturated carbocycles. The van der Waals surface area contributed by atoms with E-state index in [1.54, 1.807) is 12.1 Å². The van der Waals surface area contributed by atoms with Crippen molar-refractivity contribution in [2.45, 2.75) is 19.9 Å². The smallest absolute Gasteiger partial charge is 0.264 e. The number of nitrogens with zero attached hydrogens (tertiary/aromatic N) is 1. The van der Waals surface area contributed by atoms with Gasteiger partial charge in [-0.1, -0.05) is 24.3 Å². The van der Waals surface area contributed by atoms with E-state index >= 15 is 0 Å². The number of benzene rings is 1. The molecule has 0 spiro atoms. The van der Waals surface area contributed by atoms with E-state index in [-0.39, 0.29) is 5.56 Å². The third-order valence-electron chi connectivity index (χ3n) is 2.87. The molecule has 2 rings (SSSR count). The predicted octanol–water partition coefficient (Wildman–Crippen LogP) is 3.69. The zero-order chi connectivity index (χ0) is 14.0. The largest absolute Gasteiger partial charge is 0.302 e. The standard InChI is InChI=1S/C14H12F2INO/c1-9-4-2-3-5-10(9)12-7-6-11(17)14(19)18(12)8-13(15)16/h2-7,13H,8H2,1H3. The Bertz CT molecular complexity index is 652. The van der Waals surface area contributed by atoms with E-state index in [2.05, 4.69) is 0 Å². The average molecular weight is 375 g/mol. The number of alkyl halides is 2. The molecule has 1 heterocycles. The second-order valence-corrected chi connectivity index (χ2v) is 5.35. The van der Waals surface area contributed by atoms with E-state index in [1.807, 2.05) is 53.8 Å². The number of rotatable bonds is 3. The zero-order valence-electron chi connectivity index (χ0n) is 10.2. The molecule has 0 aliphatic heterocycles. The summed E-state index contributed by atoms with van der Waals surface area (Å²) in [6, 6.07) is 10.8. The lowest BCUT2D eigenvalue weighted by Gasteiger charge is -2.14. The molecule has 0 aliphatic rings.